The zero-order valence-electron chi connectivity index (χ0n) is 23.0. The first-order chi connectivity index (χ1) is 19.5. The number of alkyl halides is 3. The third kappa shape index (κ3) is 7.20. The molecule has 2 heterocycles. The number of aromatic nitrogens is 4. The van der Waals surface area contributed by atoms with Crippen LogP contribution in [0.2, 0.25) is 0 Å². The average molecular weight is 576 g/mol. The van der Waals surface area contributed by atoms with E-state index in [0.29, 0.717) is 18.8 Å². The summed E-state index contributed by atoms with van der Waals surface area (Å²) in [5, 5.41) is 17.8. The Morgan fingerprint density at radius 2 is 1.83 bits per heavy atom. The number of carbonyl (C=O) groups excluding carboxylic acids is 1. The highest BCUT2D eigenvalue weighted by molar-refractivity contribution is 6.03. The number of rotatable bonds is 10. The minimum Gasteiger partial charge on any atom is -0.478 e. The quantitative estimate of drug-likeness (QED) is 0.340. The van der Waals surface area contributed by atoms with Crippen LogP contribution in [0.3, 0.4) is 0 Å². The van der Waals surface area contributed by atoms with Crippen LogP contribution in [0, 0.1) is 11.8 Å². The van der Waals surface area contributed by atoms with Crippen molar-refractivity contribution in [2.75, 3.05) is 18.6 Å². The van der Waals surface area contributed by atoms with Gasteiger partial charge in [0.05, 0.1) is 42.8 Å². The van der Waals surface area contributed by atoms with Gasteiger partial charge in [-0.15, -0.1) is 0 Å². The minimum absolute atomic E-state index is 0.0371. The first kappa shape index (κ1) is 30.0. The van der Waals surface area contributed by atoms with E-state index in [1.807, 2.05) is 0 Å². The molecule has 3 aromatic rings. The number of hydrogen-bond donors (Lipinski definition) is 1. The highest BCUT2D eigenvalue weighted by Gasteiger charge is 2.37. The van der Waals surface area contributed by atoms with Crippen molar-refractivity contribution < 1.29 is 37.3 Å². The first-order valence-electron chi connectivity index (χ1n) is 13.2. The lowest BCUT2D eigenvalue weighted by molar-refractivity contribution is -0.139. The molecule has 1 aliphatic rings. The fraction of sp³-hybridized carbons (Fsp3) is 0.464. The Kier molecular flexibility index (Phi) is 9.26. The fourth-order valence-corrected chi connectivity index (χ4v) is 5.02. The van der Waals surface area contributed by atoms with Crippen LogP contribution >= 0.6 is 0 Å². The molecule has 41 heavy (non-hydrogen) atoms. The maximum atomic E-state index is 13.9. The molecule has 0 radical (unpaired) electrons. The van der Waals surface area contributed by atoms with Gasteiger partial charge in [0.15, 0.2) is 0 Å². The number of hydrogen-bond acceptors (Lipinski definition) is 7. The van der Waals surface area contributed by atoms with Crippen molar-refractivity contribution in [3.63, 3.8) is 0 Å². The van der Waals surface area contributed by atoms with Crippen molar-refractivity contribution >= 4 is 17.6 Å². The second-order valence-electron chi connectivity index (χ2n) is 10.3. The second kappa shape index (κ2) is 12.7. The molecule has 0 unspecified atom stereocenters. The summed E-state index contributed by atoms with van der Waals surface area (Å²) in [4.78, 5) is 32.5. The molecule has 0 bridgehead atoms. The van der Waals surface area contributed by atoms with Gasteiger partial charge >= 0.3 is 12.1 Å². The number of carboxylic acid groups (broad SMARTS) is 1. The molecule has 10 nitrogen and oxygen atoms in total. The Morgan fingerprint density at radius 1 is 1.15 bits per heavy atom. The Balaban J connectivity index is 1.67. The number of amides is 1. The van der Waals surface area contributed by atoms with E-state index >= 15 is 0 Å². The van der Waals surface area contributed by atoms with Crippen molar-refractivity contribution in [2.45, 2.75) is 58.3 Å². The van der Waals surface area contributed by atoms with Crippen molar-refractivity contribution in [1.29, 1.82) is 0 Å². The van der Waals surface area contributed by atoms with Gasteiger partial charge in [-0.2, -0.15) is 28.2 Å². The maximum Gasteiger partial charge on any atom is 0.421 e. The van der Waals surface area contributed by atoms with Gasteiger partial charge in [-0.25, -0.2) is 9.78 Å². The van der Waals surface area contributed by atoms with Crippen molar-refractivity contribution in [3.05, 3.63) is 59.5 Å². The van der Waals surface area contributed by atoms with Gasteiger partial charge in [-0.1, -0.05) is 6.92 Å². The number of pyridine rings is 1. The highest BCUT2D eigenvalue weighted by atomic mass is 19.4. The molecular weight excluding hydrogens is 543 g/mol. The molecule has 1 N–H and O–H groups in total. The Hall–Kier alpha value is -4.00. The molecule has 1 aliphatic carbocycles. The summed E-state index contributed by atoms with van der Waals surface area (Å²) >= 11 is 0. The Morgan fingerprint density at radius 3 is 2.44 bits per heavy atom. The smallest absolute Gasteiger partial charge is 0.421 e. The van der Waals surface area contributed by atoms with Crippen LogP contribution in [0.25, 0.3) is 0 Å². The van der Waals surface area contributed by atoms with Crippen molar-refractivity contribution in [3.8, 4) is 11.6 Å². The summed E-state index contributed by atoms with van der Waals surface area (Å²) in [5.41, 5.74) is -1.12. The number of nitrogens with zero attached hydrogens (tertiary/aromatic N) is 5. The van der Waals surface area contributed by atoms with E-state index < -0.39 is 29.6 Å². The van der Waals surface area contributed by atoms with Crippen LogP contribution in [-0.2, 0) is 22.3 Å². The van der Waals surface area contributed by atoms with Gasteiger partial charge in [-0.3, -0.25) is 4.79 Å². The van der Waals surface area contributed by atoms with Crippen molar-refractivity contribution in [2.24, 2.45) is 11.8 Å². The predicted molar refractivity (Wildman–Crippen MR) is 142 cm³/mol. The molecule has 220 valence electrons. The topological polar surface area (TPSA) is 120 Å². The average Bonchev–Trinajstić information content (AvgIpc) is 3.43. The number of aromatic carboxylic acids is 1. The third-order valence-corrected chi connectivity index (χ3v) is 7.13. The van der Waals surface area contributed by atoms with E-state index in [2.05, 4.69) is 22.1 Å². The molecule has 1 amide bonds. The molecule has 0 spiro atoms. The summed E-state index contributed by atoms with van der Waals surface area (Å²) in [5.74, 6) is -2.24. The molecular formula is C28H32F3N5O5. The van der Waals surface area contributed by atoms with E-state index in [9.17, 15) is 27.9 Å². The molecule has 1 fully saturated rings. The molecule has 0 saturated heterocycles. The number of benzene rings is 1. The monoisotopic (exact) mass is 575 g/mol. The molecule has 1 aromatic carbocycles. The lowest BCUT2D eigenvalue weighted by atomic mass is 9.82. The fourth-order valence-electron chi connectivity index (χ4n) is 5.02. The summed E-state index contributed by atoms with van der Waals surface area (Å²) in [7, 11) is 1.48. The van der Waals surface area contributed by atoms with Crippen molar-refractivity contribution in [1.82, 2.24) is 20.0 Å². The van der Waals surface area contributed by atoms with Crippen LogP contribution in [0.1, 0.15) is 61.0 Å². The number of methoxy groups -OCH3 is 1. The third-order valence-electron chi connectivity index (χ3n) is 7.13. The summed E-state index contributed by atoms with van der Waals surface area (Å²) in [6, 6.07) is 4.19. The normalized spacial score (nSPS) is 18.1. The summed E-state index contributed by atoms with van der Waals surface area (Å²) < 4.78 is 52.5. The van der Waals surface area contributed by atoms with E-state index in [0.717, 1.165) is 25.0 Å². The summed E-state index contributed by atoms with van der Waals surface area (Å²) in [6.45, 7) is 4.01. The van der Waals surface area contributed by atoms with Gasteiger partial charge in [0.2, 0.25) is 11.8 Å². The van der Waals surface area contributed by atoms with Crippen LogP contribution in [0.15, 0.2) is 42.9 Å². The van der Waals surface area contributed by atoms with E-state index in [-0.39, 0.29) is 47.5 Å². The van der Waals surface area contributed by atoms with Gasteiger partial charge in [-0.05, 0) is 68.4 Å². The van der Waals surface area contributed by atoms with Crippen LogP contribution in [0.4, 0.5) is 18.9 Å². The SMILES string of the molecule is COC[C@H](C)N(c1ccc(Oc2ncc(Cn3nccn3)cc2C(F)(F)F)cc1C(=O)O)C(=O)[C@H]1CC[C@H](C)CC1. The van der Waals surface area contributed by atoms with Crippen LogP contribution in [-0.4, -0.2) is 56.7 Å². The van der Waals surface area contributed by atoms with E-state index in [1.165, 1.54) is 47.5 Å². The van der Waals surface area contributed by atoms with Gasteiger partial charge in [0.1, 0.15) is 11.3 Å². The minimum atomic E-state index is -4.80. The predicted octanol–water partition coefficient (Wildman–Crippen LogP) is 5.42. The molecule has 1 atom stereocenters. The molecule has 2 aromatic heterocycles. The number of carbonyl (C=O) groups is 2. The molecule has 4 rings (SSSR count). The molecule has 1 saturated carbocycles. The Labute approximate surface area is 235 Å². The first-order valence-corrected chi connectivity index (χ1v) is 13.2. The van der Waals surface area contributed by atoms with Crippen LogP contribution < -0.4 is 9.64 Å². The standard InChI is InChI=1S/C28H32F3N5O5/c1-17-4-6-20(7-5-17)26(37)36(18(2)16-40-3)24-9-8-21(13-22(24)27(38)39)41-25-23(28(29,30)31)12-19(14-32-25)15-35-33-10-11-34-35/h8-14,17-18,20H,4-7,15-16H2,1-3H3,(H,38,39)/t17-,18-,20-/m0/s1. The van der Waals surface area contributed by atoms with Gasteiger partial charge in [0, 0.05) is 19.2 Å². The molecule has 13 heteroatoms. The van der Waals surface area contributed by atoms with Crippen LogP contribution in [0.5, 0.6) is 11.6 Å². The highest BCUT2D eigenvalue weighted by Crippen LogP contribution is 2.39. The number of anilines is 1. The lowest BCUT2D eigenvalue weighted by Gasteiger charge is -2.35. The largest absolute Gasteiger partial charge is 0.478 e. The second-order valence-corrected chi connectivity index (χ2v) is 10.3. The van der Waals surface area contributed by atoms with Gasteiger partial charge < -0.3 is 19.5 Å². The lowest BCUT2D eigenvalue weighted by Crippen LogP contribution is -2.46. The maximum absolute atomic E-state index is 13.9. The zero-order chi connectivity index (χ0) is 29.7. The van der Waals surface area contributed by atoms with Gasteiger partial charge in [0.25, 0.3) is 0 Å². The molecule has 0 aliphatic heterocycles. The number of ether oxygens (including phenoxy) is 2. The number of halogens is 3. The summed E-state index contributed by atoms with van der Waals surface area (Å²) in [6.07, 6.45) is 2.38. The number of carboxylic acids is 1. The Bertz CT molecular complexity index is 1360. The van der Waals surface area contributed by atoms with E-state index in [1.54, 1.807) is 6.92 Å². The zero-order valence-corrected chi connectivity index (χ0v) is 23.0. The van der Waals surface area contributed by atoms with E-state index in [4.69, 9.17) is 9.47 Å².